The molecule has 1 aromatic heterocycles. The third kappa shape index (κ3) is 5.85. The lowest BCUT2D eigenvalue weighted by atomic mass is 10.1. The van der Waals surface area contributed by atoms with Gasteiger partial charge in [-0.1, -0.05) is 31.5 Å². The third-order valence-corrected chi connectivity index (χ3v) is 5.77. The van der Waals surface area contributed by atoms with Gasteiger partial charge in [0.25, 0.3) is 11.8 Å². The fourth-order valence-corrected chi connectivity index (χ4v) is 4.03. The Morgan fingerprint density at radius 3 is 2.72 bits per heavy atom. The Kier molecular flexibility index (Phi) is 8.21. The number of thiophene rings is 1. The Morgan fingerprint density at radius 1 is 1.12 bits per heavy atom. The number of methoxy groups -OCH3 is 1. The molecule has 0 bridgehead atoms. The first-order chi connectivity index (χ1) is 15.5. The molecule has 8 heteroatoms. The average Bonchev–Trinajstić information content (AvgIpc) is 3.25. The molecule has 1 heterocycles. The summed E-state index contributed by atoms with van der Waals surface area (Å²) in [6.07, 6.45) is 1.96. The summed E-state index contributed by atoms with van der Waals surface area (Å²) in [5.41, 5.74) is 4.55. The van der Waals surface area contributed by atoms with Crippen LogP contribution in [-0.4, -0.2) is 37.8 Å². The topological polar surface area (TPSA) is 89.0 Å². The molecular weight excluding hydrogens is 426 g/mol. The van der Waals surface area contributed by atoms with Crippen LogP contribution in [0.4, 0.5) is 0 Å². The van der Waals surface area contributed by atoms with Crippen molar-refractivity contribution in [1.82, 2.24) is 10.7 Å². The largest absolute Gasteiger partial charge is 0.493 e. The molecule has 0 atom stereocenters. The highest BCUT2D eigenvalue weighted by Gasteiger charge is 2.13. The van der Waals surface area contributed by atoms with Gasteiger partial charge in [-0.15, -0.1) is 11.3 Å². The number of unbranched alkanes of at least 4 members (excludes halogenated alkanes) is 1. The van der Waals surface area contributed by atoms with E-state index in [2.05, 4.69) is 22.8 Å². The summed E-state index contributed by atoms with van der Waals surface area (Å²) in [6, 6.07) is 13.0. The normalized spacial score (nSPS) is 11.3. The molecule has 3 rings (SSSR count). The van der Waals surface area contributed by atoms with Gasteiger partial charge >= 0.3 is 0 Å². The van der Waals surface area contributed by atoms with Crippen LogP contribution in [0.3, 0.4) is 0 Å². The van der Waals surface area contributed by atoms with Crippen LogP contribution in [0.25, 0.3) is 10.1 Å². The zero-order chi connectivity index (χ0) is 22.9. The van der Waals surface area contributed by atoms with E-state index in [1.807, 2.05) is 36.6 Å². The molecular formula is C24H27N3O4S. The molecule has 7 nitrogen and oxygen atoms in total. The third-order valence-electron chi connectivity index (χ3n) is 4.81. The highest BCUT2D eigenvalue weighted by Crippen LogP contribution is 2.28. The Bertz CT molecular complexity index is 1120. The number of benzene rings is 2. The summed E-state index contributed by atoms with van der Waals surface area (Å²) in [5.74, 6) is 0.259. The van der Waals surface area contributed by atoms with Crippen LogP contribution in [0.15, 0.2) is 52.9 Å². The van der Waals surface area contributed by atoms with Gasteiger partial charge in [-0.05, 0) is 37.6 Å². The van der Waals surface area contributed by atoms with E-state index in [1.54, 1.807) is 29.5 Å². The number of amides is 2. The SMILES string of the molecule is CCCCOc1ccc(C(=O)NCC(=O)N/N=C(\C)c2csc3ccccc23)cc1OC. The Labute approximate surface area is 191 Å². The maximum Gasteiger partial charge on any atom is 0.259 e. The number of nitrogens with one attached hydrogen (secondary N) is 2. The minimum Gasteiger partial charge on any atom is -0.493 e. The van der Waals surface area contributed by atoms with Crippen molar-refractivity contribution in [2.75, 3.05) is 20.3 Å². The summed E-state index contributed by atoms with van der Waals surface area (Å²) in [4.78, 5) is 24.6. The second kappa shape index (κ2) is 11.3. The molecule has 0 saturated carbocycles. The molecule has 0 aliphatic rings. The Balaban J connectivity index is 1.55. The van der Waals surface area contributed by atoms with Crippen molar-refractivity contribution in [1.29, 1.82) is 0 Å². The molecule has 0 unspecified atom stereocenters. The fourth-order valence-electron chi connectivity index (χ4n) is 3.02. The summed E-state index contributed by atoms with van der Waals surface area (Å²) < 4.78 is 12.2. The maximum atomic E-state index is 12.4. The highest BCUT2D eigenvalue weighted by atomic mass is 32.1. The number of carbonyl (C=O) groups excluding carboxylic acids is 2. The van der Waals surface area contributed by atoms with Gasteiger partial charge in [0.2, 0.25) is 0 Å². The van der Waals surface area contributed by atoms with E-state index < -0.39 is 5.91 Å². The van der Waals surface area contributed by atoms with Crippen molar-refractivity contribution in [2.24, 2.45) is 5.10 Å². The number of carbonyl (C=O) groups is 2. The van der Waals surface area contributed by atoms with E-state index in [9.17, 15) is 9.59 Å². The Morgan fingerprint density at radius 2 is 1.94 bits per heavy atom. The monoisotopic (exact) mass is 453 g/mol. The van der Waals surface area contributed by atoms with Crippen molar-refractivity contribution in [3.05, 3.63) is 59.0 Å². The zero-order valence-corrected chi connectivity index (χ0v) is 19.3. The first-order valence-electron chi connectivity index (χ1n) is 10.4. The number of hydrogen-bond acceptors (Lipinski definition) is 6. The molecule has 0 aliphatic heterocycles. The molecule has 32 heavy (non-hydrogen) atoms. The van der Waals surface area contributed by atoms with E-state index in [4.69, 9.17) is 9.47 Å². The van der Waals surface area contributed by atoms with Gasteiger partial charge in [0.1, 0.15) is 0 Å². The van der Waals surface area contributed by atoms with Crippen LogP contribution in [0.2, 0.25) is 0 Å². The van der Waals surface area contributed by atoms with Gasteiger partial charge in [-0.25, -0.2) is 5.43 Å². The lowest BCUT2D eigenvalue weighted by Gasteiger charge is -2.12. The predicted molar refractivity (Wildman–Crippen MR) is 128 cm³/mol. The molecule has 168 valence electrons. The second-order valence-electron chi connectivity index (χ2n) is 7.13. The highest BCUT2D eigenvalue weighted by molar-refractivity contribution is 7.17. The van der Waals surface area contributed by atoms with Crippen molar-refractivity contribution >= 4 is 38.9 Å². The molecule has 0 radical (unpaired) electrons. The first kappa shape index (κ1) is 23.3. The van der Waals surface area contributed by atoms with Gasteiger partial charge in [0.15, 0.2) is 11.5 Å². The summed E-state index contributed by atoms with van der Waals surface area (Å²) in [6.45, 7) is 4.31. The lowest BCUT2D eigenvalue weighted by Crippen LogP contribution is -2.35. The number of fused-ring (bicyclic) bond motifs is 1. The fraction of sp³-hybridized carbons (Fsp3) is 0.292. The lowest BCUT2D eigenvalue weighted by molar-refractivity contribution is -0.120. The molecule has 0 saturated heterocycles. The standard InChI is InChI=1S/C24H27N3O4S/c1-4-5-12-31-20-11-10-17(13-21(20)30-3)24(29)25-14-23(28)27-26-16(2)19-15-32-22-9-7-6-8-18(19)22/h6-11,13,15H,4-5,12,14H2,1-3H3,(H,25,29)(H,27,28)/b26-16+. The van der Waals surface area contributed by atoms with E-state index in [0.29, 0.717) is 29.4 Å². The molecule has 0 spiro atoms. The molecule has 0 fully saturated rings. The van der Waals surface area contributed by atoms with Crippen LogP contribution < -0.4 is 20.2 Å². The number of ether oxygens (including phenoxy) is 2. The van der Waals surface area contributed by atoms with Crippen molar-refractivity contribution in [2.45, 2.75) is 26.7 Å². The van der Waals surface area contributed by atoms with Crippen molar-refractivity contribution in [3.63, 3.8) is 0 Å². The van der Waals surface area contributed by atoms with Crippen LogP contribution >= 0.6 is 11.3 Å². The molecule has 2 amide bonds. The molecule has 2 aromatic carbocycles. The number of hydrazone groups is 1. The summed E-state index contributed by atoms with van der Waals surface area (Å²) in [5, 5.41) is 9.88. The quantitative estimate of drug-likeness (QED) is 0.271. The molecule has 2 N–H and O–H groups in total. The van der Waals surface area contributed by atoms with Crippen molar-refractivity contribution in [3.8, 4) is 11.5 Å². The first-order valence-corrected chi connectivity index (χ1v) is 11.3. The minimum absolute atomic E-state index is 0.197. The number of nitrogens with zero attached hydrogens (tertiary/aromatic N) is 1. The Hall–Kier alpha value is -3.39. The van der Waals surface area contributed by atoms with Crippen molar-refractivity contribution < 1.29 is 19.1 Å². The van der Waals surface area contributed by atoms with Crippen LogP contribution in [0.5, 0.6) is 11.5 Å². The average molecular weight is 454 g/mol. The van der Waals surface area contributed by atoms with Gasteiger partial charge in [-0.3, -0.25) is 9.59 Å². The zero-order valence-electron chi connectivity index (χ0n) is 18.4. The molecule has 0 aliphatic carbocycles. The van der Waals surface area contributed by atoms with Crippen LogP contribution in [0, 0.1) is 0 Å². The maximum absolute atomic E-state index is 12.4. The van der Waals surface area contributed by atoms with E-state index in [0.717, 1.165) is 28.5 Å². The summed E-state index contributed by atoms with van der Waals surface area (Å²) in [7, 11) is 1.52. The van der Waals surface area contributed by atoms with E-state index >= 15 is 0 Å². The van der Waals surface area contributed by atoms with Crippen LogP contribution in [0.1, 0.15) is 42.6 Å². The number of hydrogen-bond donors (Lipinski definition) is 2. The van der Waals surface area contributed by atoms with Gasteiger partial charge < -0.3 is 14.8 Å². The number of rotatable bonds is 10. The van der Waals surface area contributed by atoms with Gasteiger partial charge in [-0.2, -0.15) is 5.10 Å². The van der Waals surface area contributed by atoms with E-state index in [1.165, 1.54) is 7.11 Å². The summed E-state index contributed by atoms with van der Waals surface area (Å²) >= 11 is 1.63. The smallest absolute Gasteiger partial charge is 0.259 e. The van der Waals surface area contributed by atoms with Gasteiger partial charge in [0, 0.05) is 26.6 Å². The minimum atomic E-state index is -0.413. The van der Waals surface area contributed by atoms with Crippen LogP contribution in [-0.2, 0) is 4.79 Å². The van der Waals surface area contributed by atoms with Gasteiger partial charge in [0.05, 0.1) is 26.0 Å². The molecule has 3 aromatic rings. The predicted octanol–water partition coefficient (Wildman–Crippen LogP) is 4.36. The van der Waals surface area contributed by atoms with E-state index in [-0.39, 0.29) is 12.5 Å². The second-order valence-corrected chi connectivity index (χ2v) is 8.04.